The highest BCUT2D eigenvalue weighted by Crippen LogP contribution is 2.12. The molecule has 0 aliphatic rings. The maximum Gasteiger partial charge on any atom is 0.260 e. The standard InChI is InChI=1S/C14H14N2O3/c1-9-6-13(18)12(14(19)16-9)8-15-7-10-2-4-11(17)5-3-10/h2-6,8,17H,7H2,1H3,(H2,16,18,19). The molecule has 1 aromatic heterocycles. The fraction of sp³-hybridized carbons (Fsp3) is 0.143. The molecule has 1 heterocycles. The summed E-state index contributed by atoms with van der Waals surface area (Å²) in [6.45, 7) is 2.06. The Morgan fingerprint density at radius 2 is 1.95 bits per heavy atom. The van der Waals surface area contributed by atoms with Gasteiger partial charge in [0.05, 0.1) is 12.1 Å². The van der Waals surface area contributed by atoms with Crippen LogP contribution < -0.4 is 5.56 Å². The molecule has 0 amide bonds. The molecule has 0 fully saturated rings. The van der Waals surface area contributed by atoms with Crippen molar-refractivity contribution in [1.29, 1.82) is 0 Å². The summed E-state index contributed by atoms with van der Waals surface area (Å²) in [7, 11) is 0. The van der Waals surface area contributed by atoms with Gasteiger partial charge in [-0.05, 0) is 30.7 Å². The molecule has 19 heavy (non-hydrogen) atoms. The van der Waals surface area contributed by atoms with Gasteiger partial charge in [-0.2, -0.15) is 0 Å². The van der Waals surface area contributed by atoms with Crippen LogP contribution in [0, 0.1) is 6.92 Å². The third-order valence-corrected chi connectivity index (χ3v) is 2.62. The quantitative estimate of drug-likeness (QED) is 0.733. The molecule has 0 aliphatic carbocycles. The summed E-state index contributed by atoms with van der Waals surface area (Å²) in [5.74, 6) is 0.107. The van der Waals surface area contributed by atoms with Gasteiger partial charge in [0.25, 0.3) is 5.56 Å². The van der Waals surface area contributed by atoms with E-state index in [0.29, 0.717) is 12.2 Å². The monoisotopic (exact) mass is 258 g/mol. The molecule has 0 unspecified atom stereocenters. The van der Waals surface area contributed by atoms with Crippen LogP contribution in [0.2, 0.25) is 0 Å². The third kappa shape index (κ3) is 3.22. The lowest BCUT2D eigenvalue weighted by molar-refractivity contribution is 0.472. The number of phenols is 1. The fourth-order valence-electron chi connectivity index (χ4n) is 1.65. The number of rotatable bonds is 3. The minimum Gasteiger partial charge on any atom is -0.508 e. The summed E-state index contributed by atoms with van der Waals surface area (Å²) in [5.41, 5.74) is 1.27. The summed E-state index contributed by atoms with van der Waals surface area (Å²) in [6, 6.07) is 8.10. The van der Waals surface area contributed by atoms with Crippen molar-refractivity contribution in [1.82, 2.24) is 4.98 Å². The molecular formula is C14H14N2O3. The smallest absolute Gasteiger partial charge is 0.260 e. The van der Waals surface area contributed by atoms with Crippen LogP contribution >= 0.6 is 0 Å². The Morgan fingerprint density at radius 3 is 2.58 bits per heavy atom. The molecule has 0 bridgehead atoms. The number of aromatic amines is 1. The van der Waals surface area contributed by atoms with Crippen molar-refractivity contribution < 1.29 is 10.2 Å². The molecule has 0 atom stereocenters. The average molecular weight is 258 g/mol. The number of phenolic OH excluding ortho intramolecular Hbond substituents is 1. The second-order valence-corrected chi connectivity index (χ2v) is 4.22. The maximum atomic E-state index is 11.6. The molecule has 2 aromatic rings. The first-order chi connectivity index (χ1) is 9.06. The Balaban J connectivity index is 2.15. The van der Waals surface area contributed by atoms with E-state index in [1.807, 2.05) is 0 Å². The van der Waals surface area contributed by atoms with Crippen molar-refractivity contribution in [2.75, 3.05) is 0 Å². The van der Waals surface area contributed by atoms with Gasteiger partial charge in [-0.3, -0.25) is 9.79 Å². The average Bonchev–Trinajstić information content (AvgIpc) is 2.34. The van der Waals surface area contributed by atoms with Crippen molar-refractivity contribution in [2.45, 2.75) is 13.5 Å². The summed E-state index contributed by atoms with van der Waals surface area (Å²) < 4.78 is 0. The second kappa shape index (κ2) is 5.39. The van der Waals surface area contributed by atoms with Gasteiger partial charge >= 0.3 is 0 Å². The van der Waals surface area contributed by atoms with E-state index in [2.05, 4.69) is 9.98 Å². The number of aliphatic imine (C=N–C) groups is 1. The van der Waals surface area contributed by atoms with Crippen LogP contribution in [0.15, 0.2) is 40.1 Å². The molecule has 98 valence electrons. The van der Waals surface area contributed by atoms with Gasteiger partial charge in [0.1, 0.15) is 11.5 Å². The van der Waals surface area contributed by atoms with E-state index < -0.39 is 0 Å². The van der Waals surface area contributed by atoms with E-state index in [1.165, 1.54) is 12.3 Å². The summed E-state index contributed by atoms with van der Waals surface area (Å²) in [4.78, 5) is 18.3. The van der Waals surface area contributed by atoms with Crippen molar-refractivity contribution in [2.24, 2.45) is 4.99 Å². The number of hydrogen-bond acceptors (Lipinski definition) is 4. The lowest BCUT2D eigenvalue weighted by atomic mass is 10.2. The van der Waals surface area contributed by atoms with Gasteiger partial charge in [-0.25, -0.2) is 0 Å². The molecule has 0 radical (unpaired) electrons. The largest absolute Gasteiger partial charge is 0.508 e. The lowest BCUT2D eigenvalue weighted by Gasteiger charge is -2.00. The van der Waals surface area contributed by atoms with Crippen LogP contribution in [-0.2, 0) is 6.54 Å². The number of nitrogens with zero attached hydrogens (tertiary/aromatic N) is 1. The number of benzene rings is 1. The van der Waals surface area contributed by atoms with Gasteiger partial charge in [0, 0.05) is 11.9 Å². The van der Waals surface area contributed by atoms with Gasteiger partial charge in [0.15, 0.2) is 0 Å². The molecule has 0 saturated heterocycles. The van der Waals surface area contributed by atoms with Crippen LogP contribution in [-0.4, -0.2) is 21.4 Å². The summed E-state index contributed by atoms with van der Waals surface area (Å²) in [6.07, 6.45) is 1.35. The number of hydrogen-bond donors (Lipinski definition) is 3. The van der Waals surface area contributed by atoms with E-state index in [1.54, 1.807) is 31.2 Å². The van der Waals surface area contributed by atoms with E-state index in [9.17, 15) is 9.90 Å². The lowest BCUT2D eigenvalue weighted by Crippen LogP contribution is -2.13. The van der Waals surface area contributed by atoms with Crippen molar-refractivity contribution in [3.8, 4) is 11.5 Å². The van der Waals surface area contributed by atoms with Crippen molar-refractivity contribution >= 4 is 6.21 Å². The third-order valence-electron chi connectivity index (χ3n) is 2.62. The topological polar surface area (TPSA) is 85.7 Å². The Morgan fingerprint density at radius 1 is 1.26 bits per heavy atom. The summed E-state index contributed by atoms with van der Waals surface area (Å²) >= 11 is 0. The van der Waals surface area contributed by atoms with Gasteiger partial charge in [0.2, 0.25) is 0 Å². The van der Waals surface area contributed by atoms with Crippen molar-refractivity contribution in [3.63, 3.8) is 0 Å². The van der Waals surface area contributed by atoms with E-state index >= 15 is 0 Å². The SMILES string of the molecule is Cc1cc(O)c(C=NCc2ccc(O)cc2)c(=O)[nH]1. The predicted octanol–water partition coefficient (Wildman–Crippen LogP) is 1.71. The zero-order valence-corrected chi connectivity index (χ0v) is 10.4. The van der Waals surface area contributed by atoms with Crippen LogP contribution in [0.25, 0.3) is 0 Å². The molecule has 5 heteroatoms. The van der Waals surface area contributed by atoms with E-state index in [4.69, 9.17) is 5.11 Å². The fourth-order valence-corrected chi connectivity index (χ4v) is 1.65. The molecule has 2 rings (SSSR count). The second-order valence-electron chi connectivity index (χ2n) is 4.22. The van der Waals surface area contributed by atoms with Gasteiger partial charge in [-0.15, -0.1) is 0 Å². The number of H-pyrrole nitrogens is 1. The molecule has 3 N–H and O–H groups in total. The van der Waals surface area contributed by atoms with Gasteiger partial charge < -0.3 is 15.2 Å². The minimum atomic E-state index is -0.369. The minimum absolute atomic E-state index is 0.0873. The zero-order chi connectivity index (χ0) is 13.8. The van der Waals surface area contributed by atoms with Gasteiger partial charge in [-0.1, -0.05) is 12.1 Å². The number of aromatic nitrogens is 1. The van der Waals surface area contributed by atoms with Crippen molar-refractivity contribution in [3.05, 3.63) is 57.5 Å². The Kier molecular flexibility index (Phi) is 3.66. The maximum absolute atomic E-state index is 11.6. The van der Waals surface area contributed by atoms with Crippen LogP contribution in [0.4, 0.5) is 0 Å². The number of pyridine rings is 1. The molecule has 0 saturated carbocycles. The number of aromatic hydroxyl groups is 2. The molecule has 0 aliphatic heterocycles. The Labute approximate surface area is 109 Å². The molecule has 0 spiro atoms. The normalized spacial score (nSPS) is 11.0. The molecular weight excluding hydrogens is 244 g/mol. The highest BCUT2D eigenvalue weighted by Gasteiger charge is 2.04. The number of nitrogens with one attached hydrogen (secondary N) is 1. The molecule has 1 aromatic carbocycles. The predicted molar refractivity (Wildman–Crippen MR) is 72.9 cm³/mol. The number of aryl methyl sites for hydroxylation is 1. The Bertz CT molecular complexity index is 657. The summed E-state index contributed by atoms with van der Waals surface area (Å²) in [5, 5.41) is 18.8. The first kappa shape index (κ1) is 12.9. The zero-order valence-electron chi connectivity index (χ0n) is 10.4. The van der Waals surface area contributed by atoms with Crippen LogP contribution in [0.5, 0.6) is 11.5 Å². The highest BCUT2D eigenvalue weighted by atomic mass is 16.3. The van der Waals surface area contributed by atoms with Crippen LogP contribution in [0.1, 0.15) is 16.8 Å². The van der Waals surface area contributed by atoms with E-state index in [-0.39, 0.29) is 22.6 Å². The molecule has 5 nitrogen and oxygen atoms in total. The van der Waals surface area contributed by atoms with Crippen LogP contribution in [0.3, 0.4) is 0 Å². The highest BCUT2D eigenvalue weighted by molar-refractivity contribution is 5.82. The first-order valence-electron chi connectivity index (χ1n) is 5.77. The Hall–Kier alpha value is -2.56. The van der Waals surface area contributed by atoms with E-state index in [0.717, 1.165) is 5.56 Å². The first-order valence-corrected chi connectivity index (χ1v) is 5.77.